The molecule has 0 saturated carbocycles. The molecule has 2 atom stereocenters. The number of rotatable bonds is 6. The van der Waals surface area contributed by atoms with Gasteiger partial charge in [0.1, 0.15) is 0 Å². The fraction of sp³-hybridized carbons (Fsp3) is 0.923. The fourth-order valence-corrected chi connectivity index (χ4v) is 3.52. The molecule has 2 unspecified atom stereocenters. The normalized spacial score (nSPS) is 24.1. The number of nitrogens with one attached hydrogen (secondary N) is 1. The molecule has 0 aromatic carbocycles. The molecule has 0 aromatic rings. The van der Waals surface area contributed by atoms with Crippen LogP contribution >= 0.6 is 11.8 Å². The fourth-order valence-electron chi connectivity index (χ4n) is 2.20. The van der Waals surface area contributed by atoms with Crippen molar-refractivity contribution in [3.8, 4) is 0 Å². The van der Waals surface area contributed by atoms with E-state index >= 15 is 0 Å². The van der Waals surface area contributed by atoms with E-state index in [-0.39, 0.29) is 6.03 Å². The molecule has 0 radical (unpaired) electrons. The number of carbonyl (C=O) groups is 1. The first kappa shape index (κ1) is 15.6. The Balaban J connectivity index is 2.12. The second kappa shape index (κ2) is 8.64. The van der Waals surface area contributed by atoms with Crippen molar-refractivity contribution in [2.45, 2.75) is 43.6 Å². The number of hydrogen-bond donors (Lipinski definition) is 1. The summed E-state index contributed by atoms with van der Waals surface area (Å²) in [6, 6.07) is 0.0979. The van der Waals surface area contributed by atoms with E-state index in [0.29, 0.717) is 10.5 Å². The molecule has 2 amide bonds. The van der Waals surface area contributed by atoms with Crippen LogP contribution in [0.15, 0.2) is 0 Å². The molecule has 0 bridgehead atoms. The van der Waals surface area contributed by atoms with Gasteiger partial charge in [-0.25, -0.2) is 4.79 Å². The van der Waals surface area contributed by atoms with E-state index < -0.39 is 0 Å². The summed E-state index contributed by atoms with van der Waals surface area (Å²) in [6.45, 7) is 7.69. The number of carbonyl (C=O) groups excluding carboxylic acids is 1. The van der Waals surface area contributed by atoms with Crippen molar-refractivity contribution in [3.63, 3.8) is 0 Å². The van der Waals surface area contributed by atoms with Crippen LogP contribution in [0, 0.1) is 0 Å². The molecule has 5 heteroatoms. The summed E-state index contributed by atoms with van der Waals surface area (Å²) in [5.41, 5.74) is 0. The average molecular weight is 274 g/mol. The van der Waals surface area contributed by atoms with Crippen LogP contribution in [0.25, 0.3) is 0 Å². The van der Waals surface area contributed by atoms with Crippen LogP contribution in [0.5, 0.6) is 0 Å². The van der Waals surface area contributed by atoms with Gasteiger partial charge in [-0.2, -0.15) is 11.8 Å². The number of hydrogen-bond acceptors (Lipinski definition) is 3. The van der Waals surface area contributed by atoms with Crippen LogP contribution in [0.4, 0.5) is 4.79 Å². The van der Waals surface area contributed by atoms with Gasteiger partial charge in [-0.3, -0.25) is 0 Å². The minimum Gasteiger partial charge on any atom is -0.385 e. The third-order valence-corrected chi connectivity index (χ3v) is 4.24. The Hall–Kier alpha value is -0.420. The first-order valence-electron chi connectivity index (χ1n) is 6.80. The molecule has 1 N–H and O–H groups in total. The lowest BCUT2D eigenvalue weighted by molar-refractivity contribution is 0.190. The van der Waals surface area contributed by atoms with Gasteiger partial charge in [-0.1, -0.05) is 13.8 Å². The molecule has 0 aliphatic carbocycles. The molecule has 18 heavy (non-hydrogen) atoms. The van der Waals surface area contributed by atoms with Crippen molar-refractivity contribution >= 4 is 17.8 Å². The summed E-state index contributed by atoms with van der Waals surface area (Å²) in [4.78, 5) is 13.9. The lowest BCUT2D eigenvalue weighted by Crippen LogP contribution is -2.48. The van der Waals surface area contributed by atoms with Crippen molar-refractivity contribution in [1.82, 2.24) is 10.2 Å². The highest BCUT2D eigenvalue weighted by Gasteiger charge is 2.25. The maximum absolute atomic E-state index is 12.0. The predicted octanol–water partition coefficient (Wildman–Crippen LogP) is 2.34. The van der Waals surface area contributed by atoms with Gasteiger partial charge in [-0.15, -0.1) is 0 Å². The van der Waals surface area contributed by atoms with Crippen molar-refractivity contribution in [1.29, 1.82) is 0 Å². The molecule has 106 valence electrons. The molecular weight excluding hydrogens is 248 g/mol. The highest BCUT2D eigenvalue weighted by Crippen LogP contribution is 2.24. The standard InChI is InChI=1S/C13H26N2O2S/c1-11-9-15(10-12(2)18-11)13(16)14-7-5-4-6-8-17-3/h11-12H,4-10H2,1-3H3,(H,14,16). The second-order valence-electron chi connectivity index (χ2n) is 4.95. The Morgan fingerprint density at radius 2 is 1.94 bits per heavy atom. The number of urea groups is 1. The number of nitrogens with zero attached hydrogens (tertiary/aromatic N) is 1. The summed E-state index contributed by atoms with van der Waals surface area (Å²) >= 11 is 1.96. The van der Waals surface area contributed by atoms with E-state index in [1.807, 2.05) is 16.7 Å². The van der Waals surface area contributed by atoms with E-state index in [9.17, 15) is 4.79 Å². The quantitative estimate of drug-likeness (QED) is 0.756. The Bertz CT molecular complexity index is 241. The molecule has 4 nitrogen and oxygen atoms in total. The summed E-state index contributed by atoms with van der Waals surface area (Å²) in [7, 11) is 1.72. The SMILES string of the molecule is COCCCCCNC(=O)N1CC(C)SC(C)C1. The highest BCUT2D eigenvalue weighted by molar-refractivity contribution is 8.00. The van der Waals surface area contributed by atoms with Gasteiger partial charge < -0.3 is 15.0 Å². The van der Waals surface area contributed by atoms with E-state index in [2.05, 4.69) is 19.2 Å². The maximum Gasteiger partial charge on any atom is 0.317 e. The Morgan fingerprint density at radius 1 is 1.28 bits per heavy atom. The number of ether oxygens (including phenoxy) is 1. The van der Waals surface area contributed by atoms with Crippen LogP contribution in [-0.2, 0) is 4.74 Å². The molecule has 1 rings (SSSR count). The van der Waals surface area contributed by atoms with E-state index in [1.165, 1.54) is 0 Å². The van der Waals surface area contributed by atoms with E-state index in [4.69, 9.17) is 4.74 Å². The maximum atomic E-state index is 12.0. The van der Waals surface area contributed by atoms with Crippen molar-refractivity contribution in [2.75, 3.05) is 33.4 Å². The van der Waals surface area contributed by atoms with Crippen LogP contribution < -0.4 is 5.32 Å². The Labute approximate surface area is 115 Å². The van der Waals surface area contributed by atoms with Crippen molar-refractivity contribution in [2.24, 2.45) is 0 Å². The number of thioether (sulfide) groups is 1. The van der Waals surface area contributed by atoms with E-state index in [0.717, 1.165) is 45.5 Å². The topological polar surface area (TPSA) is 41.6 Å². The van der Waals surface area contributed by atoms with Crippen LogP contribution in [-0.4, -0.2) is 54.8 Å². The molecule has 0 spiro atoms. The summed E-state index contributed by atoms with van der Waals surface area (Å²) in [5, 5.41) is 4.09. The third kappa shape index (κ3) is 5.96. The first-order chi connectivity index (χ1) is 8.63. The monoisotopic (exact) mass is 274 g/mol. The van der Waals surface area contributed by atoms with Gasteiger partial charge >= 0.3 is 6.03 Å². The highest BCUT2D eigenvalue weighted by atomic mass is 32.2. The minimum atomic E-state index is 0.0979. The number of amides is 2. The third-order valence-electron chi connectivity index (χ3n) is 3.01. The van der Waals surface area contributed by atoms with Gasteiger partial charge in [-0.05, 0) is 19.3 Å². The molecule has 0 aromatic heterocycles. The van der Waals surface area contributed by atoms with Gasteiger partial charge in [0.05, 0.1) is 0 Å². The summed E-state index contributed by atoms with van der Waals surface area (Å²) in [6.07, 6.45) is 3.21. The minimum absolute atomic E-state index is 0.0979. The molecule has 1 aliphatic rings. The molecule has 1 aliphatic heterocycles. The van der Waals surface area contributed by atoms with E-state index in [1.54, 1.807) is 7.11 Å². The number of methoxy groups -OCH3 is 1. The zero-order chi connectivity index (χ0) is 13.4. The van der Waals surface area contributed by atoms with Crippen LogP contribution in [0.3, 0.4) is 0 Å². The Kier molecular flexibility index (Phi) is 7.51. The summed E-state index contributed by atoms with van der Waals surface area (Å²) in [5.74, 6) is 0. The molecule has 1 saturated heterocycles. The van der Waals surface area contributed by atoms with Gasteiger partial charge in [0.2, 0.25) is 0 Å². The second-order valence-corrected chi connectivity index (χ2v) is 6.83. The zero-order valence-corrected chi connectivity index (χ0v) is 12.6. The lowest BCUT2D eigenvalue weighted by atomic mass is 10.2. The smallest absolute Gasteiger partial charge is 0.317 e. The summed E-state index contributed by atoms with van der Waals surface area (Å²) < 4.78 is 4.99. The predicted molar refractivity (Wildman–Crippen MR) is 77.2 cm³/mol. The largest absolute Gasteiger partial charge is 0.385 e. The van der Waals surface area contributed by atoms with Gasteiger partial charge in [0, 0.05) is 43.9 Å². The molecule has 1 heterocycles. The molecule has 1 fully saturated rings. The van der Waals surface area contributed by atoms with Gasteiger partial charge in [0.15, 0.2) is 0 Å². The van der Waals surface area contributed by atoms with Gasteiger partial charge in [0.25, 0.3) is 0 Å². The Morgan fingerprint density at radius 3 is 2.56 bits per heavy atom. The average Bonchev–Trinajstić information content (AvgIpc) is 2.32. The first-order valence-corrected chi connectivity index (χ1v) is 7.75. The van der Waals surface area contributed by atoms with Crippen LogP contribution in [0.1, 0.15) is 33.1 Å². The zero-order valence-electron chi connectivity index (χ0n) is 11.8. The number of unbranched alkanes of at least 4 members (excludes halogenated alkanes) is 2. The van der Waals surface area contributed by atoms with Crippen LogP contribution in [0.2, 0.25) is 0 Å². The lowest BCUT2D eigenvalue weighted by Gasteiger charge is -2.34. The molecular formula is C13H26N2O2S. The van der Waals surface area contributed by atoms with Crippen molar-refractivity contribution < 1.29 is 9.53 Å². The van der Waals surface area contributed by atoms with Crippen molar-refractivity contribution in [3.05, 3.63) is 0 Å².